The second-order valence-electron chi connectivity index (χ2n) is 3.69. The highest BCUT2D eigenvalue weighted by Crippen LogP contribution is 2.16. The standard InChI is InChI=1S/C12H17BrN2O/c1-9(15-12(16)7-8-14-2)10-3-5-11(13)6-4-10/h3-6,9,14H,7-8H2,1-2H3,(H,15,16)/t9-/m1/s1. The molecule has 0 aliphatic heterocycles. The van der Waals surface area contributed by atoms with Gasteiger partial charge in [0, 0.05) is 17.4 Å². The average Bonchev–Trinajstić information content (AvgIpc) is 2.27. The van der Waals surface area contributed by atoms with E-state index in [0.717, 1.165) is 10.0 Å². The predicted octanol–water partition coefficient (Wildman–Crippen LogP) is 2.24. The molecule has 0 fully saturated rings. The summed E-state index contributed by atoms with van der Waals surface area (Å²) in [5, 5.41) is 5.91. The highest BCUT2D eigenvalue weighted by Gasteiger charge is 2.08. The van der Waals surface area contributed by atoms with Gasteiger partial charge in [0.2, 0.25) is 5.91 Å². The number of halogens is 1. The van der Waals surface area contributed by atoms with Crippen molar-refractivity contribution in [2.75, 3.05) is 13.6 Å². The lowest BCUT2D eigenvalue weighted by Crippen LogP contribution is -2.28. The van der Waals surface area contributed by atoms with Gasteiger partial charge in [-0.05, 0) is 31.7 Å². The Balaban J connectivity index is 2.48. The zero-order valence-corrected chi connectivity index (χ0v) is 11.2. The molecule has 1 aromatic carbocycles. The molecule has 2 N–H and O–H groups in total. The topological polar surface area (TPSA) is 41.1 Å². The Morgan fingerprint density at radius 2 is 2.00 bits per heavy atom. The van der Waals surface area contributed by atoms with E-state index in [-0.39, 0.29) is 11.9 Å². The fourth-order valence-electron chi connectivity index (χ4n) is 1.39. The summed E-state index contributed by atoms with van der Waals surface area (Å²) in [5.74, 6) is 0.0739. The molecular formula is C12H17BrN2O. The van der Waals surface area contributed by atoms with Crippen LogP contribution in [0.15, 0.2) is 28.7 Å². The van der Waals surface area contributed by atoms with Gasteiger partial charge >= 0.3 is 0 Å². The minimum atomic E-state index is 0.0532. The van der Waals surface area contributed by atoms with Crippen molar-refractivity contribution in [2.45, 2.75) is 19.4 Å². The summed E-state index contributed by atoms with van der Waals surface area (Å²) in [4.78, 5) is 11.5. The summed E-state index contributed by atoms with van der Waals surface area (Å²) in [6, 6.07) is 8.02. The number of carbonyl (C=O) groups excluding carboxylic acids is 1. The van der Waals surface area contributed by atoms with Gasteiger partial charge in [-0.2, -0.15) is 0 Å². The lowest BCUT2D eigenvalue weighted by molar-refractivity contribution is -0.121. The molecule has 0 aromatic heterocycles. The summed E-state index contributed by atoms with van der Waals surface area (Å²) in [5.41, 5.74) is 1.11. The first-order chi connectivity index (χ1) is 7.63. The number of hydrogen-bond donors (Lipinski definition) is 2. The van der Waals surface area contributed by atoms with Crippen molar-refractivity contribution in [2.24, 2.45) is 0 Å². The SMILES string of the molecule is CNCCC(=O)N[C@H](C)c1ccc(Br)cc1. The Morgan fingerprint density at radius 3 is 2.56 bits per heavy atom. The van der Waals surface area contributed by atoms with Crippen molar-refractivity contribution in [1.82, 2.24) is 10.6 Å². The normalized spacial score (nSPS) is 12.2. The number of hydrogen-bond acceptors (Lipinski definition) is 2. The van der Waals surface area contributed by atoms with Gasteiger partial charge in [-0.25, -0.2) is 0 Å². The number of amides is 1. The second kappa shape index (κ2) is 6.66. The Hall–Kier alpha value is -0.870. The minimum absolute atomic E-state index is 0.0532. The minimum Gasteiger partial charge on any atom is -0.350 e. The molecule has 1 atom stereocenters. The van der Waals surface area contributed by atoms with E-state index in [0.29, 0.717) is 13.0 Å². The predicted molar refractivity (Wildman–Crippen MR) is 69.2 cm³/mol. The maximum atomic E-state index is 11.5. The molecule has 0 bridgehead atoms. The van der Waals surface area contributed by atoms with Crippen LogP contribution in [0, 0.1) is 0 Å². The fourth-order valence-corrected chi connectivity index (χ4v) is 1.65. The molecule has 16 heavy (non-hydrogen) atoms. The van der Waals surface area contributed by atoms with E-state index in [1.807, 2.05) is 38.2 Å². The van der Waals surface area contributed by atoms with Crippen molar-refractivity contribution < 1.29 is 4.79 Å². The molecule has 1 rings (SSSR count). The number of nitrogens with one attached hydrogen (secondary N) is 2. The first-order valence-electron chi connectivity index (χ1n) is 5.33. The van der Waals surface area contributed by atoms with Crippen molar-refractivity contribution in [3.63, 3.8) is 0 Å². The second-order valence-corrected chi connectivity index (χ2v) is 4.61. The van der Waals surface area contributed by atoms with Crippen LogP contribution in [0.1, 0.15) is 24.9 Å². The fraction of sp³-hybridized carbons (Fsp3) is 0.417. The molecule has 0 saturated heterocycles. The van der Waals surface area contributed by atoms with Gasteiger partial charge in [0.15, 0.2) is 0 Å². The molecule has 0 saturated carbocycles. The monoisotopic (exact) mass is 284 g/mol. The largest absolute Gasteiger partial charge is 0.350 e. The molecule has 0 radical (unpaired) electrons. The molecule has 1 aromatic rings. The molecule has 0 aliphatic rings. The van der Waals surface area contributed by atoms with Crippen LogP contribution in [0.3, 0.4) is 0 Å². The van der Waals surface area contributed by atoms with Crippen LogP contribution in [-0.2, 0) is 4.79 Å². The molecule has 88 valence electrons. The van der Waals surface area contributed by atoms with E-state index in [4.69, 9.17) is 0 Å². The lowest BCUT2D eigenvalue weighted by Gasteiger charge is -2.14. The third kappa shape index (κ3) is 4.33. The Kier molecular flexibility index (Phi) is 5.49. The van der Waals surface area contributed by atoms with Crippen LogP contribution in [0.2, 0.25) is 0 Å². The van der Waals surface area contributed by atoms with Crippen LogP contribution in [0.5, 0.6) is 0 Å². The maximum Gasteiger partial charge on any atom is 0.221 e. The molecule has 4 heteroatoms. The average molecular weight is 285 g/mol. The molecule has 3 nitrogen and oxygen atoms in total. The van der Waals surface area contributed by atoms with Crippen molar-refractivity contribution in [3.8, 4) is 0 Å². The van der Waals surface area contributed by atoms with Gasteiger partial charge in [-0.3, -0.25) is 4.79 Å². The summed E-state index contributed by atoms with van der Waals surface area (Å²) >= 11 is 3.38. The van der Waals surface area contributed by atoms with E-state index in [9.17, 15) is 4.79 Å². The Morgan fingerprint density at radius 1 is 1.38 bits per heavy atom. The van der Waals surface area contributed by atoms with Crippen LogP contribution in [-0.4, -0.2) is 19.5 Å². The van der Waals surface area contributed by atoms with E-state index in [1.165, 1.54) is 0 Å². The van der Waals surface area contributed by atoms with Crippen molar-refractivity contribution >= 4 is 21.8 Å². The van der Waals surface area contributed by atoms with Crippen LogP contribution < -0.4 is 10.6 Å². The van der Waals surface area contributed by atoms with E-state index in [2.05, 4.69) is 26.6 Å². The molecule has 0 aliphatic carbocycles. The Bertz CT molecular complexity index is 337. The van der Waals surface area contributed by atoms with Gasteiger partial charge in [0.1, 0.15) is 0 Å². The van der Waals surface area contributed by atoms with E-state index < -0.39 is 0 Å². The first kappa shape index (κ1) is 13.2. The quantitative estimate of drug-likeness (QED) is 0.871. The zero-order valence-electron chi connectivity index (χ0n) is 9.59. The summed E-state index contributed by atoms with van der Waals surface area (Å²) in [6.07, 6.45) is 0.511. The lowest BCUT2D eigenvalue weighted by atomic mass is 10.1. The number of carbonyl (C=O) groups is 1. The van der Waals surface area contributed by atoms with Crippen LogP contribution in [0.4, 0.5) is 0 Å². The van der Waals surface area contributed by atoms with Gasteiger partial charge < -0.3 is 10.6 Å². The summed E-state index contributed by atoms with van der Waals surface area (Å²) in [6.45, 7) is 2.69. The van der Waals surface area contributed by atoms with Crippen molar-refractivity contribution in [3.05, 3.63) is 34.3 Å². The molecule has 0 spiro atoms. The molecule has 0 heterocycles. The van der Waals surface area contributed by atoms with Crippen LogP contribution in [0.25, 0.3) is 0 Å². The zero-order chi connectivity index (χ0) is 12.0. The highest BCUT2D eigenvalue weighted by atomic mass is 79.9. The summed E-state index contributed by atoms with van der Waals surface area (Å²) in [7, 11) is 1.84. The third-order valence-corrected chi connectivity index (χ3v) is 2.88. The van der Waals surface area contributed by atoms with E-state index in [1.54, 1.807) is 0 Å². The molecule has 1 amide bonds. The Labute approximate surface area is 105 Å². The van der Waals surface area contributed by atoms with Gasteiger partial charge in [-0.15, -0.1) is 0 Å². The van der Waals surface area contributed by atoms with Crippen LogP contribution >= 0.6 is 15.9 Å². The summed E-state index contributed by atoms with van der Waals surface area (Å²) < 4.78 is 1.05. The van der Waals surface area contributed by atoms with Crippen molar-refractivity contribution in [1.29, 1.82) is 0 Å². The molecule has 0 unspecified atom stereocenters. The smallest absolute Gasteiger partial charge is 0.221 e. The first-order valence-corrected chi connectivity index (χ1v) is 6.12. The van der Waals surface area contributed by atoms with Gasteiger partial charge in [0.25, 0.3) is 0 Å². The van der Waals surface area contributed by atoms with Gasteiger partial charge in [0.05, 0.1) is 6.04 Å². The number of rotatable bonds is 5. The molecular weight excluding hydrogens is 268 g/mol. The number of benzene rings is 1. The maximum absolute atomic E-state index is 11.5. The third-order valence-electron chi connectivity index (χ3n) is 2.35. The van der Waals surface area contributed by atoms with E-state index >= 15 is 0 Å². The van der Waals surface area contributed by atoms with Gasteiger partial charge in [-0.1, -0.05) is 28.1 Å². The highest BCUT2D eigenvalue weighted by molar-refractivity contribution is 9.10.